The van der Waals surface area contributed by atoms with Crippen LogP contribution in [0.15, 0.2) is 72.9 Å². The molecule has 0 fully saturated rings. The number of hydrogen-bond acceptors (Lipinski definition) is 7. The molecule has 0 aliphatic heterocycles. The molecule has 3 aromatic heterocycles. The number of ether oxygens (including phenoxy) is 1. The van der Waals surface area contributed by atoms with E-state index in [1.807, 2.05) is 80.6 Å². The minimum atomic E-state index is -0.483. The van der Waals surface area contributed by atoms with Gasteiger partial charge in [0, 0.05) is 10.9 Å². The van der Waals surface area contributed by atoms with Crippen LogP contribution in [0.3, 0.4) is 0 Å². The van der Waals surface area contributed by atoms with E-state index in [0.29, 0.717) is 17.5 Å². The number of pyridine rings is 1. The second-order valence-electron chi connectivity index (χ2n) is 8.10. The summed E-state index contributed by atoms with van der Waals surface area (Å²) in [6, 6.07) is 21.5. The summed E-state index contributed by atoms with van der Waals surface area (Å²) in [4.78, 5) is 17.6. The zero-order valence-corrected chi connectivity index (χ0v) is 19.7. The fraction of sp³-hybridized carbons (Fsp3) is 0.148. The number of aromatic nitrogens is 5. The Morgan fingerprint density at radius 2 is 1.80 bits per heavy atom. The topological polar surface area (TPSA) is 94.8 Å². The monoisotopic (exact) mass is 464 g/mol. The number of carbonyl (C=O) groups is 1. The Morgan fingerprint density at radius 3 is 2.54 bits per heavy atom. The van der Waals surface area contributed by atoms with Gasteiger partial charge in [0.2, 0.25) is 0 Å². The predicted octanol–water partition coefficient (Wildman–Crippen LogP) is 5.41. The third kappa shape index (κ3) is 4.33. The molecular formula is C27H24N6O2. The van der Waals surface area contributed by atoms with Crippen LogP contribution < -0.4 is 5.32 Å². The Balaban J connectivity index is 1.57. The molecule has 1 N–H and O–H groups in total. The van der Waals surface area contributed by atoms with Crippen LogP contribution >= 0.6 is 0 Å². The average Bonchev–Trinajstić information content (AvgIpc) is 3.29. The van der Waals surface area contributed by atoms with Crippen LogP contribution in [-0.4, -0.2) is 37.5 Å². The van der Waals surface area contributed by atoms with Gasteiger partial charge >= 0.3 is 5.97 Å². The highest BCUT2D eigenvalue weighted by Crippen LogP contribution is 2.28. The standard InChI is InChI=1S/C27H24N6O2/c1-4-35-27(34)21-16-28-33(24-15-18(3)20-12-8-9-17(2)25(20)30-24)26(21)29-23-14-13-22(31-32-23)19-10-6-5-7-11-19/h5-16H,4H2,1-3H3,(H,29,32). The van der Waals surface area contributed by atoms with Gasteiger partial charge in [-0.3, -0.25) is 0 Å². The Bertz CT molecular complexity index is 1510. The lowest BCUT2D eigenvalue weighted by molar-refractivity contribution is 0.0527. The molecule has 174 valence electrons. The maximum absolute atomic E-state index is 12.7. The number of fused-ring (bicyclic) bond motifs is 1. The lowest BCUT2D eigenvalue weighted by Crippen LogP contribution is -2.11. The maximum atomic E-state index is 12.7. The molecule has 0 radical (unpaired) electrons. The van der Waals surface area contributed by atoms with E-state index in [1.165, 1.54) is 6.20 Å². The smallest absolute Gasteiger partial charge is 0.343 e. The zero-order chi connectivity index (χ0) is 24.4. The molecule has 0 amide bonds. The van der Waals surface area contributed by atoms with Crippen molar-refractivity contribution in [2.75, 3.05) is 11.9 Å². The molecule has 0 atom stereocenters. The summed E-state index contributed by atoms with van der Waals surface area (Å²) in [5.74, 6) is 0.968. The number of aryl methyl sites for hydroxylation is 2. The summed E-state index contributed by atoms with van der Waals surface area (Å²) in [5, 5.41) is 17.4. The van der Waals surface area contributed by atoms with Gasteiger partial charge in [0.05, 0.1) is 24.0 Å². The van der Waals surface area contributed by atoms with Crippen LogP contribution in [0.1, 0.15) is 28.4 Å². The molecule has 0 aliphatic carbocycles. The fourth-order valence-electron chi connectivity index (χ4n) is 3.94. The predicted molar refractivity (Wildman–Crippen MR) is 135 cm³/mol. The number of esters is 1. The minimum absolute atomic E-state index is 0.252. The first-order valence-corrected chi connectivity index (χ1v) is 11.3. The van der Waals surface area contributed by atoms with Crippen molar-refractivity contribution >= 4 is 28.5 Å². The SMILES string of the molecule is CCOC(=O)c1cnn(-c2cc(C)c3cccc(C)c3n2)c1Nc1ccc(-c2ccccc2)nn1. The van der Waals surface area contributed by atoms with Gasteiger partial charge in [0.15, 0.2) is 17.5 Å². The number of nitrogens with zero attached hydrogens (tertiary/aromatic N) is 5. The van der Waals surface area contributed by atoms with E-state index >= 15 is 0 Å². The van der Waals surface area contributed by atoms with E-state index in [2.05, 4.69) is 20.6 Å². The summed E-state index contributed by atoms with van der Waals surface area (Å²) in [7, 11) is 0. The lowest BCUT2D eigenvalue weighted by atomic mass is 10.1. The summed E-state index contributed by atoms with van der Waals surface area (Å²) >= 11 is 0. The van der Waals surface area contributed by atoms with Gasteiger partial charge in [-0.15, -0.1) is 10.2 Å². The van der Waals surface area contributed by atoms with Crippen LogP contribution in [0, 0.1) is 13.8 Å². The normalized spacial score (nSPS) is 10.9. The third-order valence-electron chi connectivity index (χ3n) is 5.70. The number of nitrogens with one attached hydrogen (secondary N) is 1. The first-order valence-electron chi connectivity index (χ1n) is 11.3. The molecule has 0 saturated heterocycles. The van der Waals surface area contributed by atoms with Crippen molar-refractivity contribution in [1.29, 1.82) is 0 Å². The zero-order valence-electron chi connectivity index (χ0n) is 19.7. The molecule has 0 unspecified atom stereocenters. The van der Waals surface area contributed by atoms with E-state index in [1.54, 1.807) is 11.6 Å². The largest absolute Gasteiger partial charge is 0.462 e. The van der Waals surface area contributed by atoms with Gasteiger partial charge in [-0.05, 0) is 50.1 Å². The van der Waals surface area contributed by atoms with Gasteiger partial charge in [-0.25, -0.2) is 9.78 Å². The van der Waals surface area contributed by atoms with Crippen molar-refractivity contribution in [3.63, 3.8) is 0 Å². The summed E-state index contributed by atoms with van der Waals surface area (Å²) in [6.07, 6.45) is 1.48. The molecule has 2 aromatic carbocycles. The van der Waals surface area contributed by atoms with E-state index in [-0.39, 0.29) is 12.2 Å². The second kappa shape index (κ2) is 9.34. The first-order chi connectivity index (χ1) is 17.0. The highest BCUT2D eigenvalue weighted by atomic mass is 16.5. The molecule has 8 heteroatoms. The number of carbonyl (C=O) groups excluding carboxylic acids is 1. The van der Waals surface area contributed by atoms with Crippen LogP contribution in [-0.2, 0) is 4.74 Å². The number of rotatable bonds is 6. The number of hydrogen-bond donors (Lipinski definition) is 1. The maximum Gasteiger partial charge on any atom is 0.343 e. The third-order valence-corrected chi connectivity index (χ3v) is 5.70. The van der Waals surface area contributed by atoms with Gasteiger partial charge in [0.25, 0.3) is 0 Å². The quantitative estimate of drug-likeness (QED) is 0.336. The lowest BCUT2D eigenvalue weighted by Gasteiger charge is -2.13. The molecule has 5 rings (SSSR count). The number of para-hydroxylation sites is 1. The summed E-state index contributed by atoms with van der Waals surface area (Å²) in [5.41, 5.74) is 4.99. The highest BCUT2D eigenvalue weighted by molar-refractivity contribution is 5.95. The number of benzene rings is 2. The fourth-order valence-corrected chi connectivity index (χ4v) is 3.94. The van der Waals surface area contributed by atoms with Crippen molar-refractivity contribution in [1.82, 2.24) is 25.0 Å². The van der Waals surface area contributed by atoms with Crippen LogP contribution in [0.4, 0.5) is 11.6 Å². The van der Waals surface area contributed by atoms with Crippen molar-refractivity contribution < 1.29 is 9.53 Å². The molecule has 0 saturated carbocycles. The summed E-state index contributed by atoms with van der Waals surface area (Å²) < 4.78 is 6.85. The Hall–Kier alpha value is -4.59. The summed E-state index contributed by atoms with van der Waals surface area (Å²) in [6.45, 7) is 6.07. The average molecular weight is 465 g/mol. The van der Waals surface area contributed by atoms with E-state index < -0.39 is 5.97 Å². The first kappa shape index (κ1) is 22.2. The Kier molecular flexibility index (Phi) is 5.93. The van der Waals surface area contributed by atoms with Gasteiger partial charge in [-0.1, -0.05) is 48.5 Å². The molecule has 0 aliphatic rings. The van der Waals surface area contributed by atoms with Crippen molar-refractivity contribution in [3.05, 3.63) is 89.6 Å². The molecule has 0 spiro atoms. The van der Waals surface area contributed by atoms with Crippen molar-refractivity contribution in [2.45, 2.75) is 20.8 Å². The van der Waals surface area contributed by atoms with Gasteiger partial charge in [0.1, 0.15) is 5.56 Å². The highest BCUT2D eigenvalue weighted by Gasteiger charge is 2.22. The van der Waals surface area contributed by atoms with Crippen LogP contribution in [0.5, 0.6) is 0 Å². The molecule has 8 nitrogen and oxygen atoms in total. The van der Waals surface area contributed by atoms with Crippen LogP contribution in [0.2, 0.25) is 0 Å². The Labute approximate surface area is 202 Å². The molecule has 0 bridgehead atoms. The Morgan fingerprint density at radius 1 is 0.971 bits per heavy atom. The second-order valence-corrected chi connectivity index (χ2v) is 8.10. The van der Waals surface area contributed by atoms with Gasteiger partial charge in [-0.2, -0.15) is 9.78 Å². The molecule has 5 aromatic rings. The van der Waals surface area contributed by atoms with E-state index in [4.69, 9.17) is 9.72 Å². The van der Waals surface area contributed by atoms with E-state index in [9.17, 15) is 4.79 Å². The molecule has 35 heavy (non-hydrogen) atoms. The van der Waals surface area contributed by atoms with Crippen molar-refractivity contribution in [2.24, 2.45) is 0 Å². The molecular weight excluding hydrogens is 440 g/mol. The van der Waals surface area contributed by atoms with Crippen LogP contribution in [0.25, 0.3) is 28.0 Å². The van der Waals surface area contributed by atoms with E-state index in [0.717, 1.165) is 33.3 Å². The molecule has 3 heterocycles. The number of anilines is 2. The van der Waals surface area contributed by atoms with Crippen molar-refractivity contribution in [3.8, 4) is 17.1 Å². The minimum Gasteiger partial charge on any atom is -0.462 e. The van der Waals surface area contributed by atoms with Gasteiger partial charge < -0.3 is 10.1 Å².